The fraction of sp³-hybridized carbons (Fsp3) is 0.400. The number of alkyl halides is 2. The summed E-state index contributed by atoms with van der Waals surface area (Å²) in [6, 6.07) is 15.1. The molecule has 34 heavy (non-hydrogen) atoms. The molecule has 0 spiro atoms. The maximum Gasteiger partial charge on any atom is 0.274 e. The Morgan fingerprint density at radius 1 is 1.15 bits per heavy atom. The maximum atomic E-state index is 13.2. The van der Waals surface area contributed by atoms with E-state index in [1.807, 2.05) is 48.5 Å². The van der Waals surface area contributed by atoms with E-state index in [0.29, 0.717) is 29.9 Å². The van der Waals surface area contributed by atoms with Gasteiger partial charge < -0.3 is 5.32 Å². The molecular formula is C25H27ClF2N4O2. The molecule has 1 saturated heterocycles. The molecule has 0 bridgehead atoms. The van der Waals surface area contributed by atoms with Gasteiger partial charge in [-0.1, -0.05) is 41.9 Å². The molecule has 6 nitrogen and oxygen atoms in total. The molecule has 1 aliphatic heterocycles. The SMILES string of the molecule is O=C(CCN1CCC[C@@H]1Cn1nc(Cc2ccc(Cl)cc2)c2ccccc2c1=O)NCC(F)F. The van der Waals surface area contributed by atoms with Gasteiger partial charge in [0.15, 0.2) is 0 Å². The molecular weight excluding hydrogens is 462 g/mol. The zero-order valence-corrected chi connectivity index (χ0v) is 19.5. The predicted octanol–water partition coefficient (Wildman–Crippen LogP) is 3.88. The number of fused-ring (bicyclic) bond motifs is 1. The second kappa shape index (κ2) is 11.1. The summed E-state index contributed by atoms with van der Waals surface area (Å²) < 4.78 is 26.1. The Morgan fingerprint density at radius 3 is 2.62 bits per heavy atom. The summed E-state index contributed by atoms with van der Waals surface area (Å²) in [5.74, 6) is -0.391. The molecule has 1 atom stereocenters. The highest BCUT2D eigenvalue weighted by molar-refractivity contribution is 6.30. The van der Waals surface area contributed by atoms with E-state index >= 15 is 0 Å². The molecule has 3 aromatic rings. The van der Waals surface area contributed by atoms with Crippen molar-refractivity contribution in [3.8, 4) is 0 Å². The van der Waals surface area contributed by atoms with Gasteiger partial charge in [-0.2, -0.15) is 5.10 Å². The maximum absolute atomic E-state index is 13.2. The summed E-state index contributed by atoms with van der Waals surface area (Å²) >= 11 is 6.02. The first kappa shape index (κ1) is 24.3. The van der Waals surface area contributed by atoms with Crippen LogP contribution in [0.25, 0.3) is 10.8 Å². The van der Waals surface area contributed by atoms with E-state index in [1.165, 1.54) is 4.68 Å². The van der Waals surface area contributed by atoms with Crippen LogP contribution < -0.4 is 10.9 Å². The highest BCUT2D eigenvalue weighted by Gasteiger charge is 2.26. The highest BCUT2D eigenvalue weighted by Crippen LogP contribution is 2.21. The third-order valence-electron chi connectivity index (χ3n) is 6.19. The minimum atomic E-state index is -2.56. The Bertz CT molecular complexity index is 1200. The van der Waals surface area contributed by atoms with E-state index < -0.39 is 18.9 Å². The number of carbonyl (C=O) groups excluding carboxylic acids is 1. The third kappa shape index (κ3) is 5.98. The van der Waals surface area contributed by atoms with Crippen molar-refractivity contribution in [1.29, 1.82) is 0 Å². The number of hydrogen-bond donors (Lipinski definition) is 1. The van der Waals surface area contributed by atoms with Gasteiger partial charge in [-0.15, -0.1) is 0 Å². The standard InChI is InChI=1S/C25H27ClF2N4O2/c26-18-9-7-17(8-10-18)14-22-20-5-1-2-6-21(20)25(34)32(30-22)16-19-4-3-12-31(19)13-11-24(33)29-15-23(27)28/h1-2,5-10,19,23H,3-4,11-16H2,(H,29,33)/t19-/m1/s1. The van der Waals surface area contributed by atoms with Gasteiger partial charge in [-0.25, -0.2) is 13.5 Å². The zero-order valence-electron chi connectivity index (χ0n) is 18.7. The average Bonchev–Trinajstić information content (AvgIpc) is 3.27. The van der Waals surface area contributed by atoms with E-state index in [0.717, 1.165) is 36.0 Å². The molecule has 1 amide bonds. The van der Waals surface area contributed by atoms with E-state index in [1.54, 1.807) is 0 Å². The lowest BCUT2D eigenvalue weighted by Crippen LogP contribution is -2.39. The van der Waals surface area contributed by atoms with E-state index in [2.05, 4.69) is 10.2 Å². The minimum Gasteiger partial charge on any atom is -0.350 e. The van der Waals surface area contributed by atoms with Crippen LogP contribution in [0, 0.1) is 0 Å². The second-order valence-electron chi connectivity index (χ2n) is 8.56. The third-order valence-corrected chi connectivity index (χ3v) is 6.44. The van der Waals surface area contributed by atoms with Crippen LogP contribution in [0.1, 0.15) is 30.5 Å². The molecule has 1 aromatic heterocycles. The van der Waals surface area contributed by atoms with Gasteiger partial charge in [0.05, 0.1) is 24.2 Å². The number of aromatic nitrogens is 2. The number of benzene rings is 2. The normalized spacial score (nSPS) is 16.4. The van der Waals surface area contributed by atoms with Crippen LogP contribution in [0.4, 0.5) is 8.78 Å². The Balaban J connectivity index is 1.53. The Morgan fingerprint density at radius 2 is 1.88 bits per heavy atom. The van der Waals surface area contributed by atoms with Crippen LogP contribution in [0.15, 0.2) is 53.3 Å². The number of amides is 1. The van der Waals surface area contributed by atoms with Crippen molar-refractivity contribution in [2.45, 2.75) is 44.7 Å². The lowest BCUT2D eigenvalue weighted by Gasteiger charge is -2.25. The van der Waals surface area contributed by atoms with Crippen molar-refractivity contribution >= 4 is 28.3 Å². The van der Waals surface area contributed by atoms with Crippen molar-refractivity contribution in [3.63, 3.8) is 0 Å². The lowest BCUT2D eigenvalue weighted by molar-refractivity contribution is -0.122. The van der Waals surface area contributed by atoms with Crippen LogP contribution in [0.5, 0.6) is 0 Å². The number of nitrogens with one attached hydrogen (secondary N) is 1. The van der Waals surface area contributed by atoms with Crippen molar-refractivity contribution in [1.82, 2.24) is 20.0 Å². The molecule has 2 heterocycles. The van der Waals surface area contributed by atoms with Gasteiger partial charge >= 0.3 is 0 Å². The zero-order chi connectivity index (χ0) is 24.1. The highest BCUT2D eigenvalue weighted by atomic mass is 35.5. The smallest absolute Gasteiger partial charge is 0.274 e. The first-order chi connectivity index (χ1) is 16.4. The van der Waals surface area contributed by atoms with Crippen LogP contribution in [-0.4, -0.2) is 52.7 Å². The van der Waals surface area contributed by atoms with Gasteiger partial charge in [-0.3, -0.25) is 14.5 Å². The number of nitrogens with zero attached hydrogens (tertiary/aromatic N) is 3. The fourth-order valence-electron chi connectivity index (χ4n) is 4.48. The molecule has 2 aromatic carbocycles. The molecule has 0 saturated carbocycles. The first-order valence-corrected chi connectivity index (χ1v) is 11.8. The monoisotopic (exact) mass is 488 g/mol. The second-order valence-corrected chi connectivity index (χ2v) is 9.00. The van der Waals surface area contributed by atoms with Crippen LogP contribution in [0.2, 0.25) is 5.02 Å². The van der Waals surface area contributed by atoms with Gasteiger partial charge in [0.25, 0.3) is 12.0 Å². The number of hydrogen-bond acceptors (Lipinski definition) is 4. The molecule has 180 valence electrons. The lowest BCUT2D eigenvalue weighted by atomic mass is 10.0. The van der Waals surface area contributed by atoms with E-state index in [4.69, 9.17) is 16.7 Å². The number of likely N-dealkylation sites (tertiary alicyclic amines) is 1. The minimum absolute atomic E-state index is 0.0534. The molecule has 1 N–H and O–H groups in total. The van der Waals surface area contributed by atoms with Crippen molar-refractivity contribution in [3.05, 3.63) is 75.2 Å². The molecule has 0 aliphatic carbocycles. The number of halogens is 3. The number of rotatable bonds is 9. The molecule has 1 fully saturated rings. The van der Waals surface area contributed by atoms with Crippen molar-refractivity contribution < 1.29 is 13.6 Å². The van der Waals surface area contributed by atoms with Crippen LogP contribution >= 0.6 is 11.6 Å². The summed E-state index contributed by atoms with van der Waals surface area (Å²) in [7, 11) is 0. The van der Waals surface area contributed by atoms with Crippen LogP contribution in [0.3, 0.4) is 0 Å². The summed E-state index contributed by atoms with van der Waals surface area (Å²) in [5, 5.41) is 9.10. The first-order valence-electron chi connectivity index (χ1n) is 11.4. The summed E-state index contributed by atoms with van der Waals surface area (Å²) in [5.41, 5.74) is 1.72. The summed E-state index contributed by atoms with van der Waals surface area (Å²) in [4.78, 5) is 27.2. The van der Waals surface area contributed by atoms with Crippen LogP contribution in [-0.2, 0) is 17.8 Å². The van der Waals surface area contributed by atoms with Gasteiger partial charge in [0, 0.05) is 35.8 Å². The van der Waals surface area contributed by atoms with Crippen molar-refractivity contribution in [2.24, 2.45) is 0 Å². The number of carbonyl (C=O) groups is 1. The largest absolute Gasteiger partial charge is 0.350 e. The molecule has 9 heteroatoms. The molecule has 4 rings (SSSR count). The van der Waals surface area contributed by atoms with E-state index in [-0.39, 0.29) is 18.0 Å². The molecule has 1 aliphatic rings. The van der Waals surface area contributed by atoms with Gasteiger partial charge in [-0.05, 0) is 43.1 Å². The average molecular weight is 489 g/mol. The topological polar surface area (TPSA) is 67.2 Å². The fourth-order valence-corrected chi connectivity index (χ4v) is 4.60. The van der Waals surface area contributed by atoms with Crippen molar-refractivity contribution in [2.75, 3.05) is 19.6 Å². The summed E-state index contributed by atoms with van der Waals surface area (Å²) in [6.07, 6.45) is -0.0201. The summed E-state index contributed by atoms with van der Waals surface area (Å²) in [6.45, 7) is 1.04. The molecule has 0 unspecified atom stereocenters. The quantitative estimate of drug-likeness (QED) is 0.496. The Hall–Kier alpha value is -2.84. The van der Waals surface area contributed by atoms with E-state index in [9.17, 15) is 18.4 Å². The molecule has 0 radical (unpaired) electrons. The van der Waals surface area contributed by atoms with Gasteiger partial charge in [0.2, 0.25) is 5.91 Å². The van der Waals surface area contributed by atoms with Gasteiger partial charge in [0.1, 0.15) is 0 Å². The Kier molecular flexibility index (Phi) is 7.90. The Labute approximate surface area is 201 Å². The predicted molar refractivity (Wildman–Crippen MR) is 128 cm³/mol.